The molecule has 0 bridgehead atoms. The number of anilines is 1. The summed E-state index contributed by atoms with van der Waals surface area (Å²) in [6.45, 7) is 10.5. The van der Waals surface area contributed by atoms with Crippen LogP contribution in [0.5, 0.6) is 0 Å². The lowest BCUT2D eigenvalue weighted by Gasteiger charge is -2.39. The highest BCUT2D eigenvalue weighted by atomic mass is 35.5. The smallest absolute Gasteiger partial charge is 0.228 e. The molecule has 170 valence electrons. The van der Waals surface area contributed by atoms with Gasteiger partial charge in [0, 0.05) is 61.4 Å². The normalized spacial score (nSPS) is 23.7. The largest absolute Gasteiger partial charge is 0.371 e. The minimum atomic E-state index is -0.323. The molecule has 32 heavy (non-hydrogen) atoms. The zero-order valence-corrected chi connectivity index (χ0v) is 19.0. The number of likely N-dealkylation sites (tertiary alicyclic amines) is 1. The number of carbonyl (C=O) groups is 1. The maximum atomic E-state index is 12.6. The van der Waals surface area contributed by atoms with Crippen molar-refractivity contribution in [1.29, 1.82) is 0 Å². The summed E-state index contributed by atoms with van der Waals surface area (Å²) in [6, 6.07) is 7.68. The van der Waals surface area contributed by atoms with Crippen LogP contribution in [-0.2, 0) is 4.79 Å². The van der Waals surface area contributed by atoms with Crippen molar-refractivity contribution in [3.63, 3.8) is 0 Å². The summed E-state index contributed by atoms with van der Waals surface area (Å²) >= 11 is 6.00. The number of hydrogen-bond donors (Lipinski definition) is 1. The maximum Gasteiger partial charge on any atom is 0.228 e. The Kier molecular flexibility index (Phi) is 7.27. The van der Waals surface area contributed by atoms with Crippen LogP contribution in [0.15, 0.2) is 65.6 Å². The number of allylic oxidation sites excluding steroid dienone is 1. The van der Waals surface area contributed by atoms with Gasteiger partial charge in [0.25, 0.3) is 0 Å². The molecule has 1 N–H and O–H groups in total. The van der Waals surface area contributed by atoms with Crippen LogP contribution in [-0.4, -0.2) is 67.6 Å². The third kappa shape index (κ3) is 5.58. The van der Waals surface area contributed by atoms with Crippen LogP contribution >= 0.6 is 11.6 Å². The third-order valence-corrected chi connectivity index (χ3v) is 6.70. The molecule has 2 heterocycles. The van der Waals surface area contributed by atoms with Crippen molar-refractivity contribution in [3.05, 3.63) is 70.4 Å². The van der Waals surface area contributed by atoms with E-state index in [1.165, 1.54) is 5.69 Å². The molecule has 3 aliphatic rings. The molecule has 2 fully saturated rings. The molecule has 2 saturated heterocycles. The number of halogens is 1. The predicted molar refractivity (Wildman–Crippen MR) is 128 cm³/mol. The molecule has 1 aromatic rings. The summed E-state index contributed by atoms with van der Waals surface area (Å²) in [4.78, 5) is 30.3. The van der Waals surface area contributed by atoms with Crippen LogP contribution in [0, 0.1) is 10.8 Å². The van der Waals surface area contributed by atoms with Crippen molar-refractivity contribution in [1.82, 2.24) is 15.1 Å². The Morgan fingerprint density at radius 3 is 2.56 bits per heavy atom. The van der Waals surface area contributed by atoms with E-state index in [1.807, 2.05) is 18.2 Å². The van der Waals surface area contributed by atoms with Crippen molar-refractivity contribution in [2.24, 2.45) is 11.1 Å². The van der Waals surface area contributed by atoms with E-state index in [0.717, 1.165) is 68.7 Å². The standard InChI is InChI=1S/C24H30ClN5O2/c1-18(29-12-14-30(15-13-29)23-8-2-20(25)3-9-23)16-28-11-10-19(17-28)24(31)26-21-4-6-22(27-32)7-5-21/h2-6,8-9,19,22H,1,7,10-17H2,(H,26,31). The third-order valence-electron chi connectivity index (χ3n) is 6.45. The Hall–Kier alpha value is -2.64. The first-order chi connectivity index (χ1) is 15.5. The van der Waals surface area contributed by atoms with Crippen molar-refractivity contribution in [3.8, 4) is 0 Å². The average Bonchev–Trinajstić information content (AvgIpc) is 3.29. The fourth-order valence-electron chi connectivity index (χ4n) is 4.51. The summed E-state index contributed by atoms with van der Waals surface area (Å²) in [5, 5.41) is 6.76. The summed E-state index contributed by atoms with van der Waals surface area (Å²) in [6.07, 6.45) is 6.75. The number of piperazine rings is 1. The van der Waals surface area contributed by atoms with E-state index in [9.17, 15) is 9.70 Å². The molecule has 0 radical (unpaired) electrons. The molecule has 7 nitrogen and oxygen atoms in total. The molecule has 0 spiro atoms. The Bertz CT molecular complexity index is 905. The molecule has 0 aromatic heterocycles. The second kappa shape index (κ2) is 10.3. The number of nitrogens with zero attached hydrogens (tertiary/aromatic N) is 4. The van der Waals surface area contributed by atoms with Gasteiger partial charge in [0.15, 0.2) is 0 Å². The van der Waals surface area contributed by atoms with Crippen LogP contribution in [0.4, 0.5) is 5.69 Å². The minimum Gasteiger partial charge on any atom is -0.371 e. The minimum absolute atomic E-state index is 0.0271. The molecule has 1 amide bonds. The lowest BCUT2D eigenvalue weighted by atomic mass is 10.1. The summed E-state index contributed by atoms with van der Waals surface area (Å²) in [5.41, 5.74) is 3.08. The highest BCUT2D eigenvalue weighted by Gasteiger charge is 2.30. The van der Waals surface area contributed by atoms with Gasteiger partial charge in [-0.1, -0.05) is 35.5 Å². The van der Waals surface area contributed by atoms with Gasteiger partial charge < -0.3 is 15.1 Å². The quantitative estimate of drug-likeness (QED) is 0.638. The van der Waals surface area contributed by atoms with E-state index >= 15 is 0 Å². The number of benzene rings is 1. The van der Waals surface area contributed by atoms with Crippen molar-refractivity contribution in [2.45, 2.75) is 18.9 Å². The first-order valence-corrected chi connectivity index (χ1v) is 11.6. The second-order valence-corrected chi connectivity index (χ2v) is 9.09. The fraction of sp³-hybridized carbons (Fsp3) is 0.458. The summed E-state index contributed by atoms with van der Waals surface area (Å²) < 4.78 is 0. The number of carbonyl (C=O) groups excluding carboxylic acids is 1. The Morgan fingerprint density at radius 2 is 1.91 bits per heavy atom. The van der Waals surface area contributed by atoms with Gasteiger partial charge >= 0.3 is 0 Å². The molecular formula is C24H30ClN5O2. The SMILES string of the molecule is C=C(CN1CCC(C(=O)NC2=CCC(N=O)C=C2)C1)N1CCN(c2ccc(Cl)cc2)CC1. The van der Waals surface area contributed by atoms with Crippen LogP contribution in [0.3, 0.4) is 0 Å². The van der Waals surface area contributed by atoms with E-state index < -0.39 is 0 Å². The van der Waals surface area contributed by atoms with Crippen LogP contribution < -0.4 is 10.2 Å². The van der Waals surface area contributed by atoms with E-state index in [4.69, 9.17) is 11.6 Å². The number of hydrogen-bond acceptors (Lipinski definition) is 6. The van der Waals surface area contributed by atoms with Crippen molar-refractivity contribution in [2.75, 3.05) is 50.7 Å². The lowest BCUT2D eigenvalue weighted by molar-refractivity contribution is -0.123. The van der Waals surface area contributed by atoms with Gasteiger partial charge in [-0.25, -0.2) is 0 Å². The van der Waals surface area contributed by atoms with Gasteiger partial charge in [0.05, 0.1) is 5.92 Å². The van der Waals surface area contributed by atoms with Crippen LogP contribution in [0.25, 0.3) is 0 Å². The monoisotopic (exact) mass is 455 g/mol. The molecular weight excluding hydrogens is 426 g/mol. The van der Waals surface area contributed by atoms with Gasteiger partial charge in [-0.2, -0.15) is 4.91 Å². The molecule has 2 atom stereocenters. The molecule has 8 heteroatoms. The first-order valence-electron chi connectivity index (χ1n) is 11.2. The number of nitrogens with one attached hydrogen (secondary N) is 1. The van der Waals surface area contributed by atoms with E-state index in [0.29, 0.717) is 6.42 Å². The topological polar surface area (TPSA) is 68.2 Å². The average molecular weight is 456 g/mol. The number of nitroso groups, excluding NO2 is 1. The summed E-state index contributed by atoms with van der Waals surface area (Å²) in [7, 11) is 0. The van der Waals surface area contributed by atoms with E-state index in [1.54, 1.807) is 12.2 Å². The Balaban J connectivity index is 1.20. The molecule has 1 aliphatic carbocycles. The Labute approximate surface area is 194 Å². The van der Waals surface area contributed by atoms with Crippen molar-refractivity contribution >= 4 is 23.2 Å². The molecule has 2 unspecified atom stereocenters. The molecule has 0 saturated carbocycles. The Morgan fingerprint density at radius 1 is 1.16 bits per heavy atom. The van der Waals surface area contributed by atoms with E-state index in [-0.39, 0.29) is 17.9 Å². The first kappa shape index (κ1) is 22.6. The number of rotatable bonds is 7. The highest BCUT2D eigenvalue weighted by Crippen LogP contribution is 2.22. The molecule has 1 aromatic carbocycles. The zero-order valence-electron chi connectivity index (χ0n) is 18.3. The van der Waals surface area contributed by atoms with Gasteiger partial charge in [0.2, 0.25) is 5.91 Å². The van der Waals surface area contributed by atoms with Gasteiger partial charge in [0.1, 0.15) is 6.04 Å². The van der Waals surface area contributed by atoms with Gasteiger partial charge in [-0.05, 0) is 49.7 Å². The maximum absolute atomic E-state index is 12.6. The highest BCUT2D eigenvalue weighted by molar-refractivity contribution is 6.30. The summed E-state index contributed by atoms with van der Waals surface area (Å²) in [5.74, 6) is 0.0175. The molecule has 2 aliphatic heterocycles. The van der Waals surface area contributed by atoms with Gasteiger partial charge in [-0.15, -0.1) is 0 Å². The van der Waals surface area contributed by atoms with E-state index in [2.05, 4.69) is 43.9 Å². The lowest BCUT2D eigenvalue weighted by Crippen LogP contribution is -2.47. The van der Waals surface area contributed by atoms with Crippen LogP contribution in [0.2, 0.25) is 5.02 Å². The van der Waals surface area contributed by atoms with Crippen LogP contribution in [0.1, 0.15) is 12.8 Å². The second-order valence-electron chi connectivity index (χ2n) is 8.65. The number of amides is 1. The van der Waals surface area contributed by atoms with Crippen molar-refractivity contribution < 1.29 is 4.79 Å². The molecule has 4 rings (SSSR count). The zero-order chi connectivity index (χ0) is 22.5. The predicted octanol–water partition coefficient (Wildman–Crippen LogP) is 3.39. The fourth-order valence-corrected chi connectivity index (χ4v) is 4.63. The van der Waals surface area contributed by atoms with Gasteiger partial charge in [-0.3, -0.25) is 9.69 Å².